The molecule has 0 spiro atoms. The van der Waals surface area contributed by atoms with Gasteiger partial charge in [-0.05, 0) is 38.8 Å². The van der Waals surface area contributed by atoms with Gasteiger partial charge in [0, 0.05) is 31.0 Å². The molecule has 8 heteroatoms. The highest BCUT2D eigenvalue weighted by Crippen LogP contribution is 2.31. The fourth-order valence-corrected chi connectivity index (χ4v) is 4.25. The van der Waals surface area contributed by atoms with Gasteiger partial charge in [0.25, 0.3) is 0 Å². The van der Waals surface area contributed by atoms with Crippen molar-refractivity contribution in [3.05, 3.63) is 47.0 Å². The molecule has 2 aliphatic heterocycles. The normalized spacial score (nSPS) is 20.5. The molecular weight excluding hydrogens is 389 g/mol. The zero-order chi connectivity index (χ0) is 21.1. The first-order valence-electron chi connectivity index (χ1n) is 10.4. The number of carbonyl (C=O) groups is 1. The molecule has 0 N–H and O–H groups in total. The summed E-state index contributed by atoms with van der Waals surface area (Å²) in [6, 6.07) is 6.27. The molecule has 2 aliphatic rings. The van der Waals surface area contributed by atoms with E-state index in [1.807, 2.05) is 18.7 Å². The number of hydrogen-bond acceptors (Lipinski definition) is 5. The predicted octanol–water partition coefficient (Wildman–Crippen LogP) is 2.72. The van der Waals surface area contributed by atoms with E-state index in [0.29, 0.717) is 38.7 Å². The van der Waals surface area contributed by atoms with E-state index in [2.05, 4.69) is 5.10 Å². The largest absolute Gasteiger partial charge is 0.381 e. The van der Waals surface area contributed by atoms with Crippen molar-refractivity contribution in [2.75, 3.05) is 39.6 Å². The van der Waals surface area contributed by atoms with Crippen molar-refractivity contribution in [3.63, 3.8) is 0 Å². The number of nitrogens with zero attached hydrogens (tertiary/aromatic N) is 3. The summed E-state index contributed by atoms with van der Waals surface area (Å²) < 4.78 is 32.8. The third-order valence-electron chi connectivity index (χ3n) is 5.82. The van der Waals surface area contributed by atoms with E-state index in [-0.39, 0.29) is 30.5 Å². The molecule has 0 aliphatic carbocycles. The fourth-order valence-electron chi connectivity index (χ4n) is 4.25. The van der Waals surface area contributed by atoms with Crippen LogP contribution in [-0.2, 0) is 19.0 Å². The number of benzene rings is 1. The quantitative estimate of drug-likeness (QED) is 0.749. The number of para-hydroxylation sites is 1. The highest BCUT2D eigenvalue weighted by Gasteiger charge is 2.33. The van der Waals surface area contributed by atoms with Crippen molar-refractivity contribution in [2.45, 2.75) is 38.8 Å². The molecule has 162 valence electrons. The topological polar surface area (TPSA) is 65.8 Å². The van der Waals surface area contributed by atoms with Gasteiger partial charge in [0.1, 0.15) is 18.1 Å². The Kier molecular flexibility index (Phi) is 6.46. The van der Waals surface area contributed by atoms with Crippen molar-refractivity contribution in [1.29, 1.82) is 0 Å². The van der Waals surface area contributed by atoms with Crippen LogP contribution < -0.4 is 0 Å². The fraction of sp³-hybridized carbons (Fsp3) is 0.545. The summed E-state index contributed by atoms with van der Waals surface area (Å²) in [5, 5.41) is 4.57. The van der Waals surface area contributed by atoms with Gasteiger partial charge in [-0.3, -0.25) is 4.79 Å². The molecule has 0 saturated carbocycles. The SMILES string of the molecule is Cc1nn(-c2ccccc2F)c(C)c1C1COCCN1C(=O)COC1CCOCC1. The number of aromatic nitrogens is 2. The van der Waals surface area contributed by atoms with Crippen molar-refractivity contribution >= 4 is 5.91 Å². The van der Waals surface area contributed by atoms with E-state index in [1.165, 1.54) is 6.07 Å². The van der Waals surface area contributed by atoms with Gasteiger partial charge in [-0.25, -0.2) is 9.07 Å². The number of rotatable bonds is 5. The lowest BCUT2D eigenvalue weighted by atomic mass is 10.0. The Bertz CT molecular complexity index is 895. The lowest BCUT2D eigenvalue weighted by Crippen LogP contribution is -2.45. The van der Waals surface area contributed by atoms with Crippen LogP contribution in [0.3, 0.4) is 0 Å². The number of amides is 1. The van der Waals surface area contributed by atoms with Crippen LogP contribution in [0.15, 0.2) is 24.3 Å². The molecule has 1 atom stereocenters. The van der Waals surface area contributed by atoms with Crippen LogP contribution in [0.1, 0.15) is 35.8 Å². The van der Waals surface area contributed by atoms with E-state index in [4.69, 9.17) is 14.2 Å². The summed E-state index contributed by atoms with van der Waals surface area (Å²) in [5.41, 5.74) is 2.85. The Labute approximate surface area is 175 Å². The minimum atomic E-state index is -0.340. The monoisotopic (exact) mass is 417 g/mol. The number of morpholine rings is 1. The van der Waals surface area contributed by atoms with Gasteiger partial charge in [-0.1, -0.05) is 12.1 Å². The van der Waals surface area contributed by atoms with E-state index < -0.39 is 0 Å². The Balaban J connectivity index is 1.55. The molecule has 1 amide bonds. The van der Waals surface area contributed by atoms with E-state index >= 15 is 0 Å². The number of halogens is 1. The zero-order valence-corrected chi connectivity index (χ0v) is 17.5. The van der Waals surface area contributed by atoms with Gasteiger partial charge in [-0.2, -0.15) is 5.10 Å². The first kappa shape index (κ1) is 21.0. The van der Waals surface area contributed by atoms with Crippen molar-refractivity contribution in [3.8, 4) is 5.69 Å². The van der Waals surface area contributed by atoms with Crippen LogP contribution in [0.4, 0.5) is 4.39 Å². The molecule has 0 bridgehead atoms. The lowest BCUT2D eigenvalue weighted by molar-refractivity contribution is -0.149. The average molecular weight is 417 g/mol. The van der Waals surface area contributed by atoms with Crippen LogP contribution in [0.25, 0.3) is 5.69 Å². The van der Waals surface area contributed by atoms with Gasteiger partial charge in [0.15, 0.2) is 0 Å². The molecule has 2 saturated heterocycles. The maximum Gasteiger partial charge on any atom is 0.249 e. The van der Waals surface area contributed by atoms with Crippen molar-refractivity contribution in [2.24, 2.45) is 0 Å². The smallest absolute Gasteiger partial charge is 0.249 e. The predicted molar refractivity (Wildman–Crippen MR) is 108 cm³/mol. The standard InChI is InChI=1S/C22H28FN3O4/c1-15-22(16(2)26(24-15)19-6-4-3-5-18(19)23)20-13-29-12-9-25(20)21(27)14-30-17-7-10-28-11-8-17/h3-6,17,20H,7-14H2,1-2H3. The van der Waals surface area contributed by atoms with Crippen LogP contribution in [0, 0.1) is 19.7 Å². The van der Waals surface area contributed by atoms with Gasteiger partial charge in [0.05, 0.1) is 31.1 Å². The summed E-state index contributed by atoms with van der Waals surface area (Å²) in [5.74, 6) is -0.403. The first-order chi connectivity index (χ1) is 14.6. The second-order valence-corrected chi connectivity index (χ2v) is 7.75. The molecule has 3 heterocycles. The minimum absolute atomic E-state index is 0.0424. The second kappa shape index (κ2) is 9.24. The molecule has 30 heavy (non-hydrogen) atoms. The van der Waals surface area contributed by atoms with E-state index in [1.54, 1.807) is 22.9 Å². The molecule has 1 aromatic heterocycles. The molecular formula is C22H28FN3O4. The van der Waals surface area contributed by atoms with Gasteiger partial charge in [-0.15, -0.1) is 0 Å². The number of ether oxygens (including phenoxy) is 3. The molecule has 1 aromatic carbocycles. The average Bonchev–Trinajstić information content (AvgIpc) is 3.06. The Morgan fingerprint density at radius 1 is 1.20 bits per heavy atom. The number of hydrogen-bond donors (Lipinski definition) is 0. The molecule has 1 unspecified atom stereocenters. The van der Waals surface area contributed by atoms with Gasteiger partial charge < -0.3 is 19.1 Å². The Morgan fingerprint density at radius 3 is 2.73 bits per heavy atom. The maximum atomic E-state index is 14.3. The number of aryl methyl sites for hydroxylation is 1. The second-order valence-electron chi connectivity index (χ2n) is 7.75. The summed E-state index contributed by atoms with van der Waals surface area (Å²) >= 11 is 0. The maximum absolute atomic E-state index is 14.3. The van der Waals surface area contributed by atoms with Crippen LogP contribution in [0.2, 0.25) is 0 Å². The van der Waals surface area contributed by atoms with Crippen molar-refractivity contribution < 1.29 is 23.4 Å². The summed E-state index contributed by atoms with van der Waals surface area (Å²) in [7, 11) is 0. The van der Waals surface area contributed by atoms with E-state index in [0.717, 1.165) is 29.8 Å². The van der Waals surface area contributed by atoms with Crippen LogP contribution >= 0.6 is 0 Å². The lowest BCUT2D eigenvalue weighted by Gasteiger charge is -2.36. The third-order valence-corrected chi connectivity index (χ3v) is 5.82. The number of carbonyl (C=O) groups excluding carboxylic acids is 1. The molecule has 2 fully saturated rings. The molecule has 7 nitrogen and oxygen atoms in total. The third kappa shape index (κ3) is 4.26. The van der Waals surface area contributed by atoms with Gasteiger partial charge in [0.2, 0.25) is 5.91 Å². The van der Waals surface area contributed by atoms with Crippen molar-refractivity contribution in [1.82, 2.24) is 14.7 Å². The summed E-state index contributed by atoms with van der Waals surface area (Å²) in [4.78, 5) is 14.8. The zero-order valence-electron chi connectivity index (χ0n) is 17.5. The Hall–Kier alpha value is -2.29. The highest BCUT2D eigenvalue weighted by atomic mass is 19.1. The minimum Gasteiger partial charge on any atom is -0.381 e. The summed E-state index contributed by atoms with van der Waals surface area (Å²) in [6.07, 6.45) is 1.69. The van der Waals surface area contributed by atoms with Crippen LogP contribution in [-0.4, -0.2) is 66.3 Å². The van der Waals surface area contributed by atoms with Gasteiger partial charge >= 0.3 is 0 Å². The molecule has 0 radical (unpaired) electrons. The van der Waals surface area contributed by atoms with Crippen LogP contribution in [0.5, 0.6) is 0 Å². The Morgan fingerprint density at radius 2 is 1.97 bits per heavy atom. The molecule has 2 aromatic rings. The highest BCUT2D eigenvalue weighted by molar-refractivity contribution is 5.78. The molecule has 4 rings (SSSR count). The first-order valence-corrected chi connectivity index (χ1v) is 10.4. The van der Waals surface area contributed by atoms with E-state index in [9.17, 15) is 9.18 Å². The summed E-state index contributed by atoms with van der Waals surface area (Å²) in [6.45, 7) is 6.53.